The van der Waals surface area contributed by atoms with Gasteiger partial charge >= 0.3 is 11.9 Å². The Morgan fingerprint density at radius 3 is 1.67 bits per heavy atom. The Labute approximate surface area is 353 Å². The van der Waals surface area contributed by atoms with Crippen LogP contribution in [0.3, 0.4) is 0 Å². The first-order chi connectivity index (χ1) is 28.0. The zero-order valence-electron chi connectivity index (χ0n) is 38.2. The summed E-state index contributed by atoms with van der Waals surface area (Å²) in [5.41, 5.74) is 1.32. The highest BCUT2D eigenvalue weighted by molar-refractivity contribution is 5.69. The van der Waals surface area contributed by atoms with E-state index >= 15 is 0 Å². The molecule has 1 heterocycles. The molecule has 1 rings (SSSR count). The molecule has 7 nitrogen and oxygen atoms in total. The zero-order chi connectivity index (χ0) is 41.3. The Hall–Kier alpha value is -2.15. The molecule has 1 aromatic rings. The standard InChI is InChI=1S/C50H93N3O4/c1-5-9-13-17-19-25-34-47(32-23-15-11-7-3)44-56-49(54)36-27-21-29-39-52(41-31-42-53-43-38-51-46-53)40-30-22-28-37-50(55)57-45-48(33-24-16-12-8-4)35-26-20-18-14-10-6-2/h32,38,43,46,48H,5-31,33-37,39-42,44-45H2,1-4H3/b47-32+. The first-order valence-corrected chi connectivity index (χ1v) is 24.7. The van der Waals surface area contributed by atoms with Crippen molar-refractivity contribution in [2.75, 3.05) is 32.8 Å². The number of ether oxygens (including phenoxy) is 2. The van der Waals surface area contributed by atoms with E-state index in [9.17, 15) is 9.59 Å². The van der Waals surface area contributed by atoms with E-state index in [1.807, 2.05) is 18.7 Å². The number of carbonyl (C=O) groups is 2. The van der Waals surface area contributed by atoms with Crippen molar-refractivity contribution < 1.29 is 19.1 Å². The van der Waals surface area contributed by atoms with E-state index < -0.39 is 0 Å². The largest absolute Gasteiger partial charge is 0.465 e. The highest BCUT2D eigenvalue weighted by Crippen LogP contribution is 2.20. The fourth-order valence-electron chi connectivity index (χ4n) is 7.77. The molecule has 0 aliphatic heterocycles. The van der Waals surface area contributed by atoms with Gasteiger partial charge in [0.05, 0.1) is 12.9 Å². The maximum atomic E-state index is 12.7. The van der Waals surface area contributed by atoms with E-state index in [-0.39, 0.29) is 11.9 Å². The number of unbranched alkanes of at least 4 members (excludes halogenated alkanes) is 20. The second-order valence-electron chi connectivity index (χ2n) is 17.1. The van der Waals surface area contributed by atoms with Crippen LogP contribution in [0, 0.1) is 5.92 Å². The van der Waals surface area contributed by atoms with Crippen molar-refractivity contribution >= 4 is 11.9 Å². The molecule has 0 N–H and O–H groups in total. The molecule has 0 bridgehead atoms. The molecule has 57 heavy (non-hydrogen) atoms. The molecule has 7 heteroatoms. The number of aryl methyl sites for hydroxylation is 1. The molecule has 1 aromatic heterocycles. The van der Waals surface area contributed by atoms with Crippen molar-refractivity contribution in [2.24, 2.45) is 5.92 Å². The molecule has 0 spiro atoms. The zero-order valence-corrected chi connectivity index (χ0v) is 38.2. The van der Waals surface area contributed by atoms with Gasteiger partial charge in [0.25, 0.3) is 0 Å². The molecular formula is C50H93N3O4. The highest BCUT2D eigenvalue weighted by atomic mass is 16.5. The molecule has 0 aromatic carbocycles. The van der Waals surface area contributed by atoms with Gasteiger partial charge in [-0.15, -0.1) is 0 Å². The number of carbonyl (C=O) groups excluding carboxylic acids is 2. The lowest BCUT2D eigenvalue weighted by Gasteiger charge is -2.22. The number of hydrogen-bond acceptors (Lipinski definition) is 6. The van der Waals surface area contributed by atoms with Crippen LogP contribution in [0.1, 0.15) is 233 Å². The average Bonchev–Trinajstić information content (AvgIpc) is 3.74. The third-order valence-electron chi connectivity index (χ3n) is 11.6. The molecule has 0 fully saturated rings. The van der Waals surface area contributed by atoms with Crippen LogP contribution in [0.15, 0.2) is 30.4 Å². The second kappa shape index (κ2) is 40.6. The van der Waals surface area contributed by atoms with Gasteiger partial charge in [0.15, 0.2) is 0 Å². The molecule has 0 saturated carbocycles. The third-order valence-corrected chi connectivity index (χ3v) is 11.6. The lowest BCUT2D eigenvalue weighted by molar-refractivity contribution is -0.145. The summed E-state index contributed by atoms with van der Waals surface area (Å²) in [7, 11) is 0. The van der Waals surface area contributed by atoms with Crippen LogP contribution in [0.5, 0.6) is 0 Å². The van der Waals surface area contributed by atoms with Crippen LogP contribution in [-0.2, 0) is 25.6 Å². The molecule has 0 aliphatic rings. The molecule has 1 atom stereocenters. The molecule has 0 radical (unpaired) electrons. The first-order valence-electron chi connectivity index (χ1n) is 24.7. The van der Waals surface area contributed by atoms with Crippen LogP contribution in [0.25, 0.3) is 0 Å². The number of nitrogens with zero attached hydrogens (tertiary/aromatic N) is 3. The Bertz CT molecular complexity index is 1040. The van der Waals surface area contributed by atoms with Crippen molar-refractivity contribution in [3.63, 3.8) is 0 Å². The smallest absolute Gasteiger partial charge is 0.306 e. The van der Waals surface area contributed by atoms with E-state index in [0.717, 1.165) is 84.0 Å². The van der Waals surface area contributed by atoms with Crippen molar-refractivity contribution in [2.45, 2.75) is 240 Å². The van der Waals surface area contributed by atoms with Gasteiger partial charge in [0.2, 0.25) is 0 Å². The third kappa shape index (κ3) is 34.4. The van der Waals surface area contributed by atoms with Gasteiger partial charge in [0, 0.05) is 31.8 Å². The normalized spacial score (nSPS) is 12.4. The monoisotopic (exact) mass is 800 g/mol. The van der Waals surface area contributed by atoms with Crippen LogP contribution < -0.4 is 0 Å². The Morgan fingerprint density at radius 2 is 1.07 bits per heavy atom. The number of allylic oxidation sites excluding steroid dienone is 1. The number of hydrogen-bond donors (Lipinski definition) is 0. The minimum Gasteiger partial charge on any atom is -0.465 e. The van der Waals surface area contributed by atoms with Crippen molar-refractivity contribution in [3.8, 4) is 0 Å². The van der Waals surface area contributed by atoms with E-state index in [0.29, 0.717) is 32.0 Å². The lowest BCUT2D eigenvalue weighted by Crippen LogP contribution is -2.28. The maximum absolute atomic E-state index is 12.7. The van der Waals surface area contributed by atoms with Crippen molar-refractivity contribution in [1.82, 2.24) is 14.5 Å². The average molecular weight is 800 g/mol. The summed E-state index contributed by atoms with van der Waals surface area (Å²) in [6.45, 7) is 14.2. The van der Waals surface area contributed by atoms with E-state index in [1.54, 1.807) is 0 Å². The van der Waals surface area contributed by atoms with Crippen molar-refractivity contribution in [1.29, 1.82) is 0 Å². The van der Waals surface area contributed by atoms with Crippen LogP contribution >= 0.6 is 0 Å². The number of aromatic nitrogens is 2. The summed E-state index contributed by atoms with van der Waals surface area (Å²) >= 11 is 0. The topological polar surface area (TPSA) is 73.7 Å². The Morgan fingerprint density at radius 1 is 0.579 bits per heavy atom. The Balaban J connectivity index is 2.41. The van der Waals surface area contributed by atoms with Crippen LogP contribution in [-0.4, -0.2) is 59.2 Å². The van der Waals surface area contributed by atoms with E-state index in [2.05, 4.69) is 48.2 Å². The summed E-state index contributed by atoms with van der Waals surface area (Å²) in [4.78, 5) is 32.2. The summed E-state index contributed by atoms with van der Waals surface area (Å²) in [5.74, 6) is 0.464. The molecule has 0 amide bonds. The predicted molar refractivity (Wildman–Crippen MR) is 243 cm³/mol. The molecule has 332 valence electrons. The minimum absolute atomic E-state index is 0.00996. The van der Waals surface area contributed by atoms with Gasteiger partial charge in [-0.2, -0.15) is 0 Å². The van der Waals surface area contributed by atoms with Gasteiger partial charge in [0.1, 0.15) is 6.61 Å². The Kier molecular flexibility index (Phi) is 37.7. The van der Waals surface area contributed by atoms with Gasteiger partial charge in [-0.25, -0.2) is 4.98 Å². The van der Waals surface area contributed by atoms with Gasteiger partial charge in [-0.1, -0.05) is 156 Å². The number of rotatable bonds is 43. The lowest BCUT2D eigenvalue weighted by atomic mass is 9.95. The fraction of sp³-hybridized carbons (Fsp3) is 0.860. The number of esters is 2. The highest BCUT2D eigenvalue weighted by Gasteiger charge is 2.13. The van der Waals surface area contributed by atoms with Gasteiger partial charge < -0.3 is 18.9 Å². The number of imidazole rings is 1. The maximum Gasteiger partial charge on any atom is 0.306 e. The predicted octanol–water partition coefficient (Wildman–Crippen LogP) is 14.4. The molecule has 1 unspecified atom stereocenters. The fourth-order valence-corrected chi connectivity index (χ4v) is 7.77. The summed E-state index contributed by atoms with van der Waals surface area (Å²) in [5, 5.41) is 0. The van der Waals surface area contributed by atoms with E-state index in [4.69, 9.17) is 9.47 Å². The molecular weight excluding hydrogens is 707 g/mol. The SMILES string of the molecule is CCCCC/C=C(\CCCCCCCC)COC(=O)CCCCCN(CCCCCC(=O)OCC(CCCCCC)CCCCCCCC)CCCn1ccnc1. The van der Waals surface area contributed by atoms with E-state index in [1.165, 1.54) is 140 Å². The van der Waals surface area contributed by atoms with Crippen molar-refractivity contribution in [3.05, 3.63) is 30.4 Å². The van der Waals surface area contributed by atoms with Crippen LogP contribution in [0.4, 0.5) is 0 Å². The summed E-state index contributed by atoms with van der Waals surface area (Å²) < 4.78 is 13.8. The second-order valence-corrected chi connectivity index (χ2v) is 17.1. The van der Waals surface area contributed by atoms with Gasteiger partial charge in [-0.05, 0) is 102 Å². The first kappa shape index (κ1) is 52.9. The molecule has 0 aliphatic carbocycles. The quantitative estimate of drug-likeness (QED) is 0.0372. The molecule has 0 saturated heterocycles. The summed E-state index contributed by atoms with van der Waals surface area (Å²) in [6.07, 6.45) is 45.3. The minimum atomic E-state index is -0.0478. The summed E-state index contributed by atoms with van der Waals surface area (Å²) in [6, 6.07) is 0. The van der Waals surface area contributed by atoms with Gasteiger partial charge in [-0.3, -0.25) is 9.59 Å². The van der Waals surface area contributed by atoms with Crippen LogP contribution in [0.2, 0.25) is 0 Å².